The number of carbonyl (C=O) groups is 1. The lowest BCUT2D eigenvalue weighted by molar-refractivity contribution is -0.124. The molecule has 3 saturated heterocycles. The third-order valence-electron chi connectivity index (χ3n) is 6.92. The monoisotopic (exact) mass is 372 g/mol. The zero-order valence-electron chi connectivity index (χ0n) is 15.4. The molecular formula is C21H28N2O2S. The molecule has 3 aliphatic heterocycles. The Bertz CT molecular complexity index is 721. The minimum absolute atomic E-state index is 0.0568. The summed E-state index contributed by atoms with van der Waals surface area (Å²) in [5.41, 5.74) is 0.0568. The second kappa shape index (κ2) is 6.47. The van der Waals surface area contributed by atoms with Crippen molar-refractivity contribution < 1.29 is 9.53 Å². The number of amides is 1. The Morgan fingerprint density at radius 3 is 3.00 bits per heavy atom. The van der Waals surface area contributed by atoms with Gasteiger partial charge in [0.25, 0.3) is 0 Å². The highest BCUT2D eigenvalue weighted by Crippen LogP contribution is 2.54. The van der Waals surface area contributed by atoms with Gasteiger partial charge in [0, 0.05) is 53.7 Å². The molecule has 4 nitrogen and oxygen atoms in total. The number of carbonyl (C=O) groups excluding carboxylic acids is 1. The lowest BCUT2D eigenvalue weighted by atomic mass is 9.73. The predicted molar refractivity (Wildman–Crippen MR) is 103 cm³/mol. The van der Waals surface area contributed by atoms with Crippen LogP contribution in [-0.2, 0) is 16.1 Å². The van der Waals surface area contributed by atoms with Gasteiger partial charge in [-0.3, -0.25) is 9.69 Å². The maximum Gasteiger partial charge on any atom is 0.223 e. The Kier molecular flexibility index (Phi) is 4.22. The number of hydrogen-bond donors (Lipinski definition) is 1. The van der Waals surface area contributed by atoms with Crippen molar-refractivity contribution in [3.63, 3.8) is 0 Å². The van der Waals surface area contributed by atoms with Crippen LogP contribution >= 0.6 is 11.3 Å². The number of aryl methyl sites for hydroxylation is 1. The third kappa shape index (κ3) is 2.85. The van der Waals surface area contributed by atoms with Crippen molar-refractivity contribution in [2.24, 2.45) is 17.8 Å². The molecule has 1 amide bonds. The molecule has 5 rings (SSSR count). The van der Waals surface area contributed by atoms with Gasteiger partial charge < -0.3 is 10.1 Å². The number of hydrogen-bond acceptors (Lipinski definition) is 4. The minimum Gasteiger partial charge on any atom is -0.370 e. The van der Waals surface area contributed by atoms with Crippen LogP contribution in [0.4, 0.5) is 0 Å². The molecule has 4 heterocycles. The average molecular weight is 373 g/mol. The smallest absolute Gasteiger partial charge is 0.223 e. The van der Waals surface area contributed by atoms with Crippen LogP contribution in [0.2, 0.25) is 0 Å². The molecule has 140 valence electrons. The highest BCUT2D eigenvalue weighted by atomic mass is 32.1. The van der Waals surface area contributed by atoms with Crippen LogP contribution in [0.1, 0.15) is 35.4 Å². The van der Waals surface area contributed by atoms with Crippen LogP contribution in [0, 0.1) is 24.7 Å². The standard InChI is InChI=1S/C21H28N2O2S/c1-14-6-7-16(26-14)11-23-12-18-17(19-8-9-21(18,13-23)25-19)10-22-20(24)15-4-2-3-5-15/h2-3,6-7,15,17-19H,4-5,8-13H2,1H3,(H,22,24)/t17-,18+,19+,21+/m0/s1. The van der Waals surface area contributed by atoms with Crippen LogP contribution in [-0.4, -0.2) is 42.1 Å². The maximum atomic E-state index is 12.4. The number of fused-ring (bicyclic) bond motifs is 1. The highest BCUT2D eigenvalue weighted by molar-refractivity contribution is 7.11. The first-order valence-corrected chi connectivity index (χ1v) is 10.8. The Balaban J connectivity index is 1.22. The van der Waals surface area contributed by atoms with Crippen LogP contribution in [0.15, 0.2) is 24.3 Å². The van der Waals surface area contributed by atoms with Crippen molar-refractivity contribution in [1.29, 1.82) is 0 Å². The van der Waals surface area contributed by atoms with Gasteiger partial charge in [0.15, 0.2) is 0 Å². The molecule has 4 aliphatic rings. The molecular weight excluding hydrogens is 344 g/mol. The van der Waals surface area contributed by atoms with Gasteiger partial charge in [-0.05, 0) is 44.7 Å². The van der Waals surface area contributed by atoms with Gasteiger partial charge in [0.05, 0.1) is 11.7 Å². The largest absolute Gasteiger partial charge is 0.370 e. The summed E-state index contributed by atoms with van der Waals surface area (Å²) in [6.07, 6.45) is 8.76. The number of ether oxygens (including phenoxy) is 1. The zero-order valence-corrected chi connectivity index (χ0v) is 16.3. The van der Waals surface area contributed by atoms with Crippen molar-refractivity contribution in [1.82, 2.24) is 10.2 Å². The van der Waals surface area contributed by atoms with Crippen molar-refractivity contribution in [2.45, 2.75) is 50.9 Å². The summed E-state index contributed by atoms with van der Waals surface area (Å²) in [5.74, 6) is 1.45. The van der Waals surface area contributed by atoms with Crippen molar-refractivity contribution in [2.75, 3.05) is 19.6 Å². The summed E-state index contributed by atoms with van der Waals surface area (Å²) < 4.78 is 6.53. The molecule has 5 heteroatoms. The molecule has 0 saturated carbocycles. The summed E-state index contributed by atoms with van der Waals surface area (Å²) in [4.78, 5) is 17.8. The van der Waals surface area contributed by atoms with Gasteiger partial charge in [0.2, 0.25) is 5.91 Å². The summed E-state index contributed by atoms with van der Waals surface area (Å²) in [6.45, 7) is 6.17. The van der Waals surface area contributed by atoms with Crippen molar-refractivity contribution in [3.05, 3.63) is 34.0 Å². The van der Waals surface area contributed by atoms with E-state index in [-0.39, 0.29) is 17.4 Å². The average Bonchev–Trinajstić information content (AvgIpc) is 3.40. The molecule has 3 fully saturated rings. The lowest BCUT2D eigenvalue weighted by Crippen LogP contribution is -2.43. The molecule has 2 bridgehead atoms. The molecule has 1 spiro atoms. The first-order valence-electron chi connectivity index (χ1n) is 10.0. The second-order valence-electron chi connectivity index (χ2n) is 8.60. The number of likely N-dealkylation sites (tertiary alicyclic amines) is 1. The van der Waals surface area contributed by atoms with Crippen LogP contribution in [0.25, 0.3) is 0 Å². The molecule has 0 aromatic carbocycles. The van der Waals surface area contributed by atoms with E-state index in [9.17, 15) is 4.79 Å². The fourth-order valence-corrected chi connectivity index (χ4v) is 6.60. The Morgan fingerprint density at radius 2 is 2.23 bits per heavy atom. The van der Waals surface area contributed by atoms with Crippen LogP contribution in [0.5, 0.6) is 0 Å². The van der Waals surface area contributed by atoms with E-state index in [2.05, 4.69) is 41.4 Å². The van der Waals surface area contributed by atoms with E-state index in [1.807, 2.05) is 11.3 Å². The van der Waals surface area contributed by atoms with Gasteiger partial charge in [-0.1, -0.05) is 12.2 Å². The number of nitrogens with zero attached hydrogens (tertiary/aromatic N) is 1. The van der Waals surface area contributed by atoms with E-state index in [4.69, 9.17) is 4.74 Å². The Hall–Kier alpha value is -1.17. The van der Waals surface area contributed by atoms with Crippen LogP contribution in [0.3, 0.4) is 0 Å². The van der Waals surface area contributed by atoms with Crippen LogP contribution < -0.4 is 5.32 Å². The summed E-state index contributed by atoms with van der Waals surface area (Å²) in [5, 5.41) is 3.25. The second-order valence-corrected chi connectivity index (χ2v) is 9.97. The van der Waals surface area contributed by atoms with E-state index < -0.39 is 0 Å². The Morgan fingerprint density at radius 1 is 1.38 bits per heavy atom. The highest BCUT2D eigenvalue weighted by Gasteiger charge is 2.62. The maximum absolute atomic E-state index is 12.4. The molecule has 26 heavy (non-hydrogen) atoms. The molecule has 0 unspecified atom stereocenters. The quantitative estimate of drug-likeness (QED) is 0.808. The van der Waals surface area contributed by atoms with E-state index in [1.54, 1.807) is 0 Å². The van der Waals surface area contributed by atoms with Gasteiger partial charge in [-0.25, -0.2) is 0 Å². The summed E-state index contributed by atoms with van der Waals surface area (Å²) >= 11 is 1.90. The van der Waals surface area contributed by atoms with E-state index in [0.29, 0.717) is 17.9 Å². The van der Waals surface area contributed by atoms with E-state index >= 15 is 0 Å². The first kappa shape index (κ1) is 17.0. The van der Waals surface area contributed by atoms with Crippen molar-refractivity contribution >= 4 is 17.2 Å². The molecule has 4 atom stereocenters. The minimum atomic E-state index is 0.0568. The number of thiophene rings is 1. The molecule has 1 aromatic rings. The van der Waals surface area contributed by atoms with Gasteiger partial charge in [-0.15, -0.1) is 11.3 Å². The number of allylic oxidation sites excluding steroid dienone is 2. The van der Waals surface area contributed by atoms with Gasteiger partial charge >= 0.3 is 0 Å². The number of nitrogens with one attached hydrogen (secondary N) is 1. The zero-order chi connectivity index (χ0) is 17.7. The molecule has 1 N–H and O–H groups in total. The van der Waals surface area contributed by atoms with Gasteiger partial charge in [-0.2, -0.15) is 0 Å². The van der Waals surface area contributed by atoms with Crippen molar-refractivity contribution in [3.8, 4) is 0 Å². The fraction of sp³-hybridized carbons (Fsp3) is 0.667. The normalized spacial score (nSPS) is 36.1. The summed E-state index contributed by atoms with van der Waals surface area (Å²) in [7, 11) is 0. The van der Waals surface area contributed by atoms with E-state index in [1.165, 1.54) is 16.2 Å². The SMILES string of the molecule is Cc1ccc(CN2C[C@@H]3[C@H](CNC(=O)C4CC=CC4)[C@H]4CC[C@]3(C2)O4)s1. The lowest BCUT2D eigenvalue weighted by Gasteiger charge is -2.29. The predicted octanol–water partition coefficient (Wildman–Crippen LogP) is 3.12. The van der Waals surface area contributed by atoms with E-state index in [0.717, 1.165) is 45.4 Å². The van der Waals surface area contributed by atoms with Gasteiger partial charge in [0.1, 0.15) is 0 Å². The Labute approximate surface area is 159 Å². The third-order valence-corrected chi connectivity index (χ3v) is 7.91. The summed E-state index contributed by atoms with van der Waals surface area (Å²) in [6, 6.07) is 4.48. The number of rotatable bonds is 5. The fourth-order valence-electron chi connectivity index (χ4n) is 5.66. The molecule has 1 aliphatic carbocycles. The topological polar surface area (TPSA) is 41.6 Å². The molecule has 0 radical (unpaired) electrons. The first-order chi connectivity index (χ1) is 12.6. The molecule has 1 aromatic heterocycles.